The van der Waals surface area contributed by atoms with Gasteiger partial charge in [0, 0.05) is 35.7 Å². The lowest BCUT2D eigenvalue weighted by molar-refractivity contribution is -0.147. The van der Waals surface area contributed by atoms with E-state index in [-0.39, 0.29) is 29.0 Å². The van der Waals surface area contributed by atoms with E-state index in [0.717, 1.165) is 0 Å². The molecule has 13 heteroatoms. The molecule has 0 spiro atoms. The van der Waals surface area contributed by atoms with Crippen LogP contribution in [0.3, 0.4) is 0 Å². The standard InChI is InChI=1S/C15H28N4O7S2/c1-6-11(10(7(2)20)14(21)22)19-12(15(23)24)13(6)27-9-3-8(17-5-9)4-18-28(16,25)26/h6-13,17-20H,3-5H2,1-2H3,(H,21,22)(H,23,24)(H2,16,25,26)/t6-,7-,8+,9+,10-,11-,12?,13-/m1/s1. The van der Waals surface area contributed by atoms with Crippen molar-refractivity contribution in [2.45, 2.75) is 55.0 Å². The Hall–Kier alpha value is -0.960. The van der Waals surface area contributed by atoms with Crippen LogP contribution < -0.4 is 20.5 Å². The quantitative estimate of drug-likeness (QED) is 0.206. The molecule has 11 nitrogen and oxygen atoms in total. The van der Waals surface area contributed by atoms with Crippen LogP contribution in [-0.4, -0.2) is 83.5 Å². The molecule has 2 fully saturated rings. The fourth-order valence-corrected chi connectivity index (χ4v) is 6.13. The normalized spacial score (nSPS) is 35.6. The van der Waals surface area contributed by atoms with Gasteiger partial charge in [-0.3, -0.25) is 14.9 Å². The van der Waals surface area contributed by atoms with Crippen molar-refractivity contribution in [3.8, 4) is 0 Å². The van der Waals surface area contributed by atoms with Gasteiger partial charge >= 0.3 is 11.9 Å². The highest BCUT2D eigenvalue weighted by atomic mass is 32.2. The molecule has 0 aliphatic carbocycles. The fraction of sp³-hybridized carbons (Fsp3) is 0.867. The minimum atomic E-state index is -3.78. The molecule has 0 aromatic heterocycles. The van der Waals surface area contributed by atoms with Crippen molar-refractivity contribution in [3.63, 3.8) is 0 Å². The molecule has 2 aliphatic heterocycles. The third-order valence-corrected chi connectivity index (χ3v) is 7.63. The van der Waals surface area contributed by atoms with Gasteiger partial charge in [-0.2, -0.15) is 20.2 Å². The summed E-state index contributed by atoms with van der Waals surface area (Å²) in [6.45, 7) is 3.88. The summed E-state index contributed by atoms with van der Waals surface area (Å²) in [4.78, 5) is 23.3. The van der Waals surface area contributed by atoms with E-state index in [1.165, 1.54) is 18.7 Å². The summed E-state index contributed by atoms with van der Waals surface area (Å²) in [6, 6.07) is -1.73. The molecule has 2 saturated heterocycles. The maximum absolute atomic E-state index is 11.7. The topological polar surface area (TPSA) is 191 Å². The monoisotopic (exact) mass is 440 g/mol. The summed E-state index contributed by atoms with van der Waals surface area (Å²) in [7, 11) is -3.78. The van der Waals surface area contributed by atoms with Gasteiger partial charge in [-0.25, -0.2) is 9.86 Å². The second kappa shape index (κ2) is 9.24. The highest BCUT2D eigenvalue weighted by Gasteiger charge is 2.50. The van der Waals surface area contributed by atoms with Crippen LogP contribution in [0.15, 0.2) is 0 Å². The minimum Gasteiger partial charge on any atom is -0.481 e. The zero-order chi connectivity index (χ0) is 21.2. The van der Waals surface area contributed by atoms with Crippen LogP contribution >= 0.6 is 11.8 Å². The predicted octanol–water partition coefficient (Wildman–Crippen LogP) is -2.25. The number of aliphatic hydroxyl groups is 1. The number of nitrogens with one attached hydrogen (secondary N) is 3. The first-order valence-electron chi connectivity index (χ1n) is 8.96. The largest absolute Gasteiger partial charge is 0.481 e. The lowest BCUT2D eigenvalue weighted by Crippen LogP contribution is -2.47. The molecule has 0 aromatic carbocycles. The van der Waals surface area contributed by atoms with Crippen LogP contribution in [0.1, 0.15) is 20.3 Å². The van der Waals surface area contributed by atoms with Gasteiger partial charge in [0.1, 0.15) is 6.04 Å². The van der Waals surface area contributed by atoms with Crippen LogP contribution in [-0.2, 0) is 19.8 Å². The van der Waals surface area contributed by atoms with Gasteiger partial charge in [-0.15, -0.1) is 0 Å². The Balaban J connectivity index is 2.05. The molecular formula is C15H28N4O7S2. The van der Waals surface area contributed by atoms with E-state index < -0.39 is 46.3 Å². The molecule has 2 rings (SSSR count). The van der Waals surface area contributed by atoms with E-state index in [9.17, 15) is 33.3 Å². The minimum absolute atomic E-state index is 0.0388. The first kappa shape index (κ1) is 23.3. The Morgan fingerprint density at radius 1 is 1.36 bits per heavy atom. The number of carboxylic acids is 2. The van der Waals surface area contributed by atoms with Gasteiger partial charge in [0.25, 0.3) is 10.2 Å². The molecule has 28 heavy (non-hydrogen) atoms. The maximum atomic E-state index is 11.7. The number of rotatable bonds is 9. The third kappa shape index (κ3) is 5.78. The number of hydrogen-bond acceptors (Lipinski definition) is 8. The number of carbonyl (C=O) groups is 2. The van der Waals surface area contributed by atoms with E-state index in [1.807, 2.05) is 0 Å². The second-order valence-electron chi connectivity index (χ2n) is 7.43. The highest BCUT2D eigenvalue weighted by Crippen LogP contribution is 2.39. The lowest BCUT2D eigenvalue weighted by Gasteiger charge is -2.27. The summed E-state index contributed by atoms with van der Waals surface area (Å²) in [5.74, 6) is -3.66. The van der Waals surface area contributed by atoms with Crippen LogP contribution in [0.5, 0.6) is 0 Å². The summed E-state index contributed by atoms with van der Waals surface area (Å²) < 4.78 is 24.3. The third-order valence-electron chi connectivity index (χ3n) is 5.31. The van der Waals surface area contributed by atoms with Crippen LogP contribution in [0.2, 0.25) is 0 Å². The van der Waals surface area contributed by atoms with Crippen LogP contribution in [0.25, 0.3) is 0 Å². The summed E-state index contributed by atoms with van der Waals surface area (Å²) in [5.41, 5.74) is 0. The molecule has 0 aromatic rings. The fourth-order valence-electron chi connectivity index (χ4n) is 3.95. The summed E-state index contributed by atoms with van der Waals surface area (Å²) >= 11 is 1.45. The van der Waals surface area contributed by atoms with Gasteiger partial charge in [0.15, 0.2) is 0 Å². The maximum Gasteiger partial charge on any atom is 0.321 e. The molecule has 8 atom stereocenters. The average molecular weight is 441 g/mol. The van der Waals surface area contributed by atoms with Gasteiger partial charge in [-0.1, -0.05) is 6.92 Å². The van der Waals surface area contributed by atoms with Gasteiger partial charge in [-0.05, 0) is 19.3 Å². The lowest BCUT2D eigenvalue weighted by atomic mass is 9.87. The van der Waals surface area contributed by atoms with Crippen LogP contribution in [0.4, 0.5) is 0 Å². The van der Waals surface area contributed by atoms with Gasteiger partial charge in [0.05, 0.1) is 12.0 Å². The average Bonchev–Trinajstić information content (AvgIpc) is 3.11. The molecular weight excluding hydrogens is 412 g/mol. The number of aliphatic carboxylic acids is 2. The van der Waals surface area contributed by atoms with E-state index >= 15 is 0 Å². The van der Waals surface area contributed by atoms with Crippen molar-refractivity contribution < 1.29 is 33.3 Å². The van der Waals surface area contributed by atoms with Crippen molar-refractivity contribution in [1.82, 2.24) is 15.4 Å². The molecule has 0 saturated carbocycles. The first-order valence-corrected chi connectivity index (χ1v) is 11.5. The number of thioether (sulfide) groups is 1. The van der Waals surface area contributed by atoms with Gasteiger partial charge < -0.3 is 20.6 Å². The van der Waals surface area contributed by atoms with Crippen molar-refractivity contribution in [2.24, 2.45) is 17.0 Å². The van der Waals surface area contributed by atoms with Crippen molar-refractivity contribution in [3.05, 3.63) is 0 Å². The molecule has 162 valence electrons. The smallest absolute Gasteiger partial charge is 0.321 e. The predicted molar refractivity (Wildman–Crippen MR) is 103 cm³/mol. The zero-order valence-corrected chi connectivity index (χ0v) is 17.2. The Labute approximate surface area is 168 Å². The Morgan fingerprint density at radius 3 is 2.50 bits per heavy atom. The molecule has 0 radical (unpaired) electrons. The van der Waals surface area contributed by atoms with Gasteiger partial charge in [0.2, 0.25) is 0 Å². The Kier molecular flexibility index (Phi) is 7.69. The molecule has 0 bridgehead atoms. The molecule has 2 heterocycles. The number of nitrogens with two attached hydrogens (primary N) is 1. The van der Waals surface area contributed by atoms with E-state index in [0.29, 0.717) is 13.0 Å². The number of carboxylic acid groups (broad SMARTS) is 2. The van der Waals surface area contributed by atoms with E-state index in [4.69, 9.17) is 5.14 Å². The highest BCUT2D eigenvalue weighted by molar-refractivity contribution is 8.00. The second-order valence-corrected chi connectivity index (χ2v) is 10.3. The van der Waals surface area contributed by atoms with Crippen molar-refractivity contribution in [2.75, 3.05) is 13.1 Å². The molecule has 2 aliphatic rings. The number of hydrogen-bond donors (Lipinski definition) is 7. The van der Waals surface area contributed by atoms with E-state index in [1.54, 1.807) is 6.92 Å². The number of aliphatic hydroxyl groups excluding tert-OH is 1. The first-order chi connectivity index (χ1) is 12.9. The molecule has 8 N–H and O–H groups in total. The summed E-state index contributed by atoms with van der Waals surface area (Å²) in [5, 5.41) is 39.5. The van der Waals surface area contributed by atoms with Crippen molar-refractivity contribution >= 4 is 33.9 Å². The molecule has 0 amide bonds. The van der Waals surface area contributed by atoms with Crippen LogP contribution in [0, 0.1) is 11.8 Å². The van der Waals surface area contributed by atoms with E-state index in [2.05, 4.69) is 15.4 Å². The van der Waals surface area contributed by atoms with Crippen molar-refractivity contribution in [1.29, 1.82) is 0 Å². The zero-order valence-electron chi connectivity index (χ0n) is 15.6. The molecule has 1 unspecified atom stereocenters. The summed E-state index contributed by atoms with van der Waals surface area (Å²) in [6.07, 6.45) is -0.510. The SMILES string of the molecule is C[C@@H]1[C@H]([C@H](C(=O)O)[C@@H](C)O)NC(C(=O)O)[C@@H]1S[C@@H]1CN[C@H](CNS(N)(=O)=O)C1. The Morgan fingerprint density at radius 2 is 2.00 bits per heavy atom. The Bertz CT molecular complexity index is 690.